The van der Waals surface area contributed by atoms with E-state index in [0.717, 1.165) is 57.1 Å². The van der Waals surface area contributed by atoms with Crippen LogP contribution in [0.1, 0.15) is 57.1 Å². The maximum absolute atomic E-state index is 13.5. The second-order valence-electron chi connectivity index (χ2n) is 10.2. The van der Waals surface area contributed by atoms with Gasteiger partial charge in [-0.15, -0.1) is 0 Å². The number of nitrogens with one attached hydrogen (secondary N) is 2. The third kappa shape index (κ3) is 6.44. The number of amides is 2. The summed E-state index contributed by atoms with van der Waals surface area (Å²) in [5, 5.41) is 7.27. The Labute approximate surface area is 220 Å². The molecule has 2 aliphatic rings. The number of thioether (sulfide) groups is 1. The van der Waals surface area contributed by atoms with E-state index >= 15 is 0 Å². The zero-order valence-corrected chi connectivity index (χ0v) is 21.8. The van der Waals surface area contributed by atoms with Gasteiger partial charge in [0.25, 0.3) is 5.56 Å². The molecule has 2 fully saturated rings. The van der Waals surface area contributed by atoms with E-state index in [1.165, 1.54) is 11.8 Å². The highest BCUT2D eigenvalue weighted by atomic mass is 32.2. The number of benzene rings is 1. The fraction of sp³-hybridized carbons (Fsp3) is 0.500. The lowest BCUT2D eigenvalue weighted by Crippen LogP contribution is -2.35. The lowest BCUT2D eigenvalue weighted by Gasteiger charge is -2.28. The van der Waals surface area contributed by atoms with Crippen molar-refractivity contribution in [3.05, 3.63) is 58.8 Å². The van der Waals surface area contributed by atoms with Crippen molar-refractivity contribution in [2.24, 2.45) is 11.8 Å². The van der Waals surface area contributed by atoms with Crippen LogP contribution < -0.4 is 16.2 Å². The number of nitrogens with zero attached hydrogens (tertiary/aromatic N) is 2. The number of rotatable bonds is 9. The highest BCUT2D eigenvalue weighted by Gasteiger charge is 2.28. The maximum Gasteiger partial charge on any atom is 0.262 e. The Hall–Kier alpha value is -3.07. The van der Waals surface area contributed by atoms with Crippen LogP contribution in [0.5, 0.6) is 0 Å². The van der Waals surface area contributed by atoms with Gasteiger partial charge in [0.1, 0.15) is 5.76 Å². The van der Waals surface area contributed by atoms with E-state index in [0.29, 0.717) is 29.1 Å². The van der Waals surface area contributed by atoms with Gasteiger partial charge in [-0.3, -0.25) is 19.0 Å². The van der Waals surface area contributed by atoms with Crippen LogP contribution in [0.15, 0.2) is 57.0 Å². The molecule has 2 saturated carbocycles. The first-order valence-electron chi connectivity index (χ1n) is 13.3. The summed E-state index contributed by atoms with van der Waals surface area (Å²) in [5.41, 5.74) is 0.585. The second kappa shape index (κ2) is 12.0. The van der Waals surface area contributed by atoms with Gasteiger partial charge in [0.15, 0.2) is 5.16 Å². The van der Waals surface area contributed by atoms with Crippen LogP contribution in [0.25, 0.3) is 10.9 Å². The number of para-hydroxylation sites is 1. The predicted octanol–water partition coefficient (Wildman–Crippen LogP) is 4.26. The number of carbonyl (C=O) groups is 2. The van der Waals surface area contributed by atoms with Crippen molar-refractivity contribution >= 4 is 34.5 Å². The molecule has 8 nitrogen and oxygen atoms in total. The van der Waals surface area contributed by atoms with E-state index in [-0.39, 0.29) is 41.0 Å². The van der Waals surface area contributed by atoms with Crippen LogP contribution in [0.4, 0.5) is 0 Å². The van der Waals surface area contributed by atoms with E-state index in [1.807, 2.05) is 36.4 Å². The molecule has 0 unspecified atom stereocenters. The van der Waals surface area contributed by atoms with Gasteiger partial charge >= 0.3 is 0 Å². The molecule has 0 saturated heterocycles. The van der Waals surface area contributed by atoms with Crippen molar-refractivity contribution in [3.8, 4) is 0 Å². The summed E-state index contributed by atoms with van der Waals surface area (Å²) in [4.78, 5) is 43.4. The highest BCUT2D eigenvalue weighted by molar-refractivity contribution is 7.99. The molecular weight excluding hydrogens is 488 g/mol. The first kappa shape index (κ1) is 25.6. The van der Waals surface area contributed by atoms with Gasteiger partial charge < -0.3 is 15.1 Å². The molecule has 2 N–H and O–H groups in total. The maximum atomic E-state index is 13.5. The van der Waals surface area contributed by atoms with Crippen LogP contribution >= 0.6 is 11.8 Å². The minimum atomic E-state index is -0.0670. The lowest BCUT2D eigenvalue weighted by molar-refractivity contribution is -0.126. The Bertz CT molecular complexity index is 1280. The highest BCUT2D eigenvalue weighted by Crippen LogP contribution is 2.31. The molecule has 9 heteroatoms. The first-order chi connectivity index (χ1) is 18.1. The number of furan rings is 1. The van der Waals surface area contributed by atoms with Gasteiger partial charge in [0.05, 0.1) is 29.5 Å². The topological polar surface area (TPSA) is 106 Å². The monoisotopic (exact) mass is 522 g/mol. The molecule has 1 aromatic carbocycles. The van der Waals surface area contributed by atoms with Crippen LogP contribution in [0.2, 0.25) is 0 Å². The summed E-state index contributed by atoms with van der Waals surface area (Å²) in [7, 11) is 0. The molecule has 2 aliphatic carbocycles. The number of aromatic nitrogens is 2. The SMILES string of the molecule is O=C(CSc1nc2ccccc2c(=O)n1CC1CCC(C(=O)NCc2ccco2)CC1)NC1CCCC1. The normalized spacial score (nSPS) is 20.2. The van der Waals surface area contributed by atoms with Crippen molar-refractivity contribution in [1.82, 2.24) is 20.2 Å². The minimum absolute atomic E-state index is 0.00748. The van der Waals surface area contributed by atoms with Crippen molar-refractivity contribution in [2.45, 2.75) is 75.7 Å². The molecule has 3 aromatic rings. The van der Waals surface area contributed by atoms with Crippen LogP contribution in [0, 0.1) is 11.8 Å². The Balaban J connectivity index is 1.23. The fourth-order valence-corrected chi connectivity index (χ4v) is 6.31. The van der Waals surface area contributed by atoms with E-state index in [4.69, 9.17) is 9.40 Å². The van der Waals surface area contributed by atoms with Gasteiger partial charge in [-0.1, -0.05) is 36.7 Å². The molecular formula is C28H34N4O4S. The predicted molar refractivity (Wildman–Crippen MR) is 143 cm³/mol. The molecule has 2 aromatic heterocycles. The quantitative estimate of drug-likeness (QED) is 0.321. The number of carbonyl (C=O) groups excluding carboxylic acids is 2. The molecule has 0 atom stereocenters. The Kier molecular flexibility index (Phi) is 8.28. The number of hydrogen-bond donors (Lipinski definition) is 2. The molecule has 2 heterocycles. The molecule has 0 aliphatic heterocycles. The summed E-state index contributed by atoms with van der Waals surface area (Å²) in [5.74, 6) is 1.29. The Morgan fingerprint density at radius 1 is 1.03 bits per heavy atom. The summed E-state index contributed by atoms with van der Waals surface area (Å²) < 4.78 is 7.04. The van der Waals surface area contributed by atoms with Gasteiger partial charge in [-0.2, -0.15) is 0 Å². The summed E-state index contributed by atoms with van der Waals surface area (Å²) in [6, 6.07) is 11.3. The standard InChI is InChI=1S/C28H34N4O4S/c33-25(30-21-6-1-2-7-21)18-37-28-31-24-10-4-3-9-23(24)27(35)32(28)17-19-11-13-20(14-12-19)26(34)29-16-22-8-5-15-36-22/h3-5,8-10,15,19-21H,1-2,6-7,11-14,16-18H2,(H,29,34)(H,30,33). The summed E-state index contributed by atoms with van der Waals surface area (Å²) in [6.45, 7) is 0.947. The second-order valence-corrected chi connectivity index (χ2v) is 11.1. The minimum Gasteiger partial charge on any atom is -0.467 e. The third-order valence-electron chi connectivity index (χ3n) is 7.55. The average Bonchev–Trinajstić information content (AvgIpc) is 3.63. The van der Waals surface area contributed by atoms with Crippen molar-refractivity contribution in [2.75, 3.05) is 5.75 Å². The van der Waals surface area contributed by atoms with E-state index in [2.05, 4.69) is 10.6 Å². The molecule has 5 rings (SSSR count). The van der Waals surface area contributed by atoms with Crippen LogP contribution in [0.3, 0.4) is 0 Å². The van der Waals surface area contributed by atoms with E-state index < -0.39 is 0 Å². The van der Waals surface area contributed by atoms with Crippen LogP contribution in [-0.2, 0) is 22.7 Å². The van der Waals surface area contributed by atoms with Gasteiger partial charge in [-0.05, 0) is 68.7 Å². The smallest absolute Gasteiger partial charge is 0.262 e. The zero-order chi connectivity index (χ0) is 25.6. The fourth-order valence-electron chi connectivity index (χ4n) is 5.49. The average molecular weight is 523 g/mol. The molecule has 0 bridgehead atoms. The summed E-state index contributed by atoms with van der Waals surface area (Å²) >= 11 is 1.33. The first-order valence-corrected chi connectivity index (χ1v) is 14.3. The molecule has 0 radical (unpaired) electrons. The summed E-state index contributed by atoms with van der Waals surface area (Å²) in [6.07, 6.45) is 9.32. The largest absolute Gasteiger partial charge is 0.467 e. The number of hydrogen-bond acceptors (Lipinski definition) is 6. The van der Waals surface area contributed by atoms with Gasteiger partial charge in [0, 0.05) is 18.5 Å². The number of fused-ring (bicyclic) bond motifs is 1. The van der Waals surface area contributed by atoms with Crippen LogP contribution in [-0.4, -0.2) is 33.2 Å². The molecule has 37 heavy (non-hydrogen) atoms. The molecule has 0 spiro atoms. The van der Waals surface area contributed by atoms with Crippen molar-refractivity contribution < 1.29 is 14.0 Å². The van der Waals surface area contributed by atoms with Crippen molar-refractivity contribution in [3.63, 3.8) is 0 Å². The van der Waals surface area contributed by atoms with Gasteiger partial charge in [-0.25, -0.2) is 4.98 Å². The Morgan fingerprint density at radius 3 is 2.57 bits per heavy atom. The zero-order valence-electron chi connectivity index (χ0n) is 21.0. The van der Waals surface area contributed by atoms with E-state index in [9.17, 15) is 14.4 Å². The van der Waals surface area contributed by atoms with E-state index in [1.54, 1.807) is 10.8 Å². The molecule has 196 valence electrons. The third-order valence-corrected chi connectivity index (χ3v) is 8.53. The van der Waals surface area contributed by atoms with Gasteiger partial charge in [0.2, 0.25) is 11.8 Å². The molecule has 2 amide bonds. The van der Waals surface area contributed by atoms with Crippen molar-refractivity contribution in [1.29, 1.82) is 0 Å². The Morgan fingerprint density at radius 2 is 1.81 bits per heavy atom. The lowest BCUT2D eigenvalue weighted by atomic mass is 9.81.